The van der Waals surface area contributed by atoms with Gasteiger partial charge in [-0.25, -0.2) is 8.42 Å². The van der Waals surface area contributed by atoms with Gasteiger partial charge in [0.25, 0.3) is 10.0 Å². The summed E-state index contributed by atoms with van der Waals surface area (Å²) in [7, 11) is -3.63. The number of hydrogen-bond acceptors (Lipinski definition) is 4. The predicted octanol–water partition coefficient (Wildman–Crippen LogP) is 3.00. The number of aryl methyl sites for hydroxylation is 1. The van der Waals surface area contributed by atoms with Gasteiger partial charge >= 0.3 is 0 Å². The monoisotopic (exact) mass is 367 g/mol. The van der Waals surface area contributed by atoms with Gasteiger partial charge in [-0.05, 0) is 52.5 Å². The van der Waals surface area contributed by atoms with Crippen LogP contribution in [0.15, 0.2) is 46.0 Å². The highest BCUT2D eigenvalue weighted by Gasteiger charge is 2.16. The van der Waals surface area contributed by atoms with Crippen molar-refractivity contribution in [1.29, 1.82) is 0 Å². The Kier molecular flexibility index (Phi) is 3.86. The van der Waals surface area contributed by atoms with Crippen molar-refractivity contribution in [3.8, 4) is 0 Å². The first-order chi connectivity index (χ1) is 10.0. The molecule has 0 unspecified atom stereocenters. The van der Waals surface area contributed by atoms with Crippen molar-refractivity contribution in [3.05, 3.63) is 46.7 Å². The molecule has 0 fully saturated rings. The van der Waals surface area contributed by atoms with Crippen molar-refractivity contribution in [2.75, 3.05) is 16.6 Å². The third-order valence-electron chi connectivity index (χ3n) is 3.29. The van der Waals surface area contributed by atoms with Crippen molar-refractivity contribution in [2.24, 2.45) is 0 Å². The number of rotatable bonds is 3. The normalized spacial score (nSPS) is 14.1. The fraction of sp³-hybridized carbons (Fsp3) is 0.214. The first-order valence-corrected chi connectivity index (χ1v) is 8.82. The van der Waals surface area contributed by atoms with E-state index in [2.05, 4.69) is 31.0 Å². The maximum absolute atomic E-state index is 12.3. The lowest BCUT2D eigenvalue weighted by molar-refractivity contribution is 0.600. The molecular formula is C14H14BrN3O2S. The topological polar surface area (TPSA) is 71.1 Å². The van der Waals surface area contributed by atoms with Gasteiger partial charge in [-0.1, -0.05) is 6.07 Å². The van der Waals surface area contributed by atoms with Crippen molar-refractivity contribution in [1.82, 2.24) is 4.98 Å². The fourth-order valence-corrected chi connectivity index (χ4v) is 3.83. The molecule has 1 aliphatic rings. The lowest BCUT2D eigenvalue weighted by Gasteiger charge is -2.19. The quantitative estimate of drug-likeness (QED) is 0.874. The predicted molar refractivity (Wildman–Crippen MR) is 86.0 cm³/mol. The van der Waals surface area contributed by atoms with E-state index in [9.17, 15) is 8.42 Å². The third-order valence-corrected chi connectivity index (χ3v) is 5.07. The van der Waals surface area contributed by atoms with E-state index in [0.29, 0.717) is 10.2 Å². The molecule has 1 aliphatic heterocycles. The zero-order valence-electron chi connectivity index (χ0n) is 11.1. The highest BCUT2D eigenvalue weighted by Crippen LogP contribution is 2.27. The summed E-state index contributed by atoms with van der Waals surface area (Å²) >= 11 is 3.22. The molecule has 5 nitrogen and oxygen atoms in total. The number of nitrogens with zero attached hydrogens (tertiary/aromatic N) is 1. The minimum Gasteiger partial charge on any atom is -0.385 e. The van der Waals surface area contributed by atoms with Crippen LogP contribution in [-0.4, -0.2) is 19.9 Å². The Morgan fingerprint density at radius 1 is 1.24 bits per heavy atom. The summed E-state index contributed by atoms with van der Waals surface area (Å²) < 4.78 is 27.9. The third kappa shape index (κ3) is 3.19. The van der Waals surface area contributed by atoms with Gasteiger partial charge in [0, 0.05) is 29.1 Å². The Bertz CT molecular complexity index is 778. The Morgan fingerprint density at radius 3 is 2.90 bits per heavy atom. The molecule has 0 atom stereocenters. The molecule has 0 aliphatic carbocycles. The van der Waals surface area contributed by atoms with Crippen LogP contribution in [0, 0.1) is 0 Å². The molecule has 0 bridgehead atoms. The van der Waals surface area contributed by atoms with E-state index in [4.69, 9.17) is 0 Å². The molecule has 0 saturated carbocycles. The summed E-state index contributed by atoms with van der Waals surface area (Å²) in [5.74, 6) is 0. The summed E-state index contributed by atoms with van der Waals surface area (Å²) in [5, 5.41) is 3.28. The lowest BCUT2D eigenvalue weighted by Crippen LogP contribution is -2.15. The number of halogens is 1. The SMILES string of the molecule is O=S(=O)(Nc1ccc2c(c1)NCCC2)c1cncc(Br)c1. The van der Waals surface area contributed by atoms with E-state index in [1.165, 1.54) is 17.8 Å². The van der Waals surface area contributed by atoms with Gasteiger partial charge in [-0.2, -0.15) is 0 Å². The van der Waals surface area contributed by atoms with Crippen LogP contribution in [0.5, 0.6) is 0 Å². The second-order valence-electron chi connectivity index (χ2n) is 4.85. The molecular weight excluding hydrogens is 354 g/mol. The first kappa shape index (κ1) is 14.3. The van der Waals surface area contributed by atoms with Gasteiger partial charge in [0.1, 0.15) is 4.90 Å². The summed E-state index contributed by atoms with van der Waals surface area (Å²) in [5.41, 5.74) is 2.75. The lowest BCUT2D eigenvalue weighted by atomic mass is 10.0. The Labute approximate surface area is 132 Å². The largest absolute Gasteiger partial charge is 0.385 e. The van der Waals surface area contributed by atoms with Crippen LogP contribution in [0.1, 0.15) is 12.0 Å². The second-order valence-corrected chi connectivity index (χ2v) is 7.44. The molecule has 0 amide bonds. The average Bonchev–Trinajstić information content (AvgIpc) is 2.47. The number of hydrogen-bond donors (Lipinski definition) is 2. The average molecular weight is 368 g/mol. The molecule has 2 aromatic rings. The molecule has 21 heavy (non-hydrogen) atoms. The van der Waals surface area contributed by atoms with Crippen molar-refractivity contribution < 1.29 is 8.42 Å². The van der Waals surface area contributed by atoms with E-state index in [0.717, 1.165) is 25.1 Å². The molecule has 3 rings (SSSR count). The number of aromatic nitrogens is 1. The van der Waals surface area contributed by atoms with Crippen LogP contribution in [0.25, 0.3) is 0 Å². The molecule has 0 saturated heterocycles. The smallest absolute Gasteiger partial charge is 0.263 e. The molecule has 0 radical (unpaired) electrons. The summed E-state index contributed by atoms with van der Waals surface area (Å²) in [4.78, 5) is 4.01. The van der Waals surface area contributed by atoms with Crippen molar-refractivity contribution in [3.63, 3.8) is 0 Å². The van der Waals surface area contributed by atoms with E-state index in [-0.39, 0.29) is 4.90 Å². The van der Waals surface area contributed by atoms with Gasteiger partial charge in [-0.15, -0.1) is 0 Å². The van der Waals surface area contributed by atoms with Gasteiger partial charge in [0.05, 0.1) is 5.69 Å². The minimum absolute atomic E-state index is 0.127. The van der Waals surface area contributed by atoms with Crippen LogP contribution >= 0.6 is 15.9 Å². The molecule has 2 N–H and O–H groups in total. The zero-order chi connectivity index (χ0) is 14.9. The van der Waals surface area contributed by atoms with Crippen LogP contribution in [0.3, 0.4) is 0 Å². The van der Waals surface area contributed by atoms with Crippen LogP contribution in [0.4, 0.5) is 11.4 Å². The zero-order valence-corrected chi connectivity index (χ0v) is 13.5. The summed E-state index contributed by atoms with van der Waals surface area (Å²) in [6, 6.07) is 7.09. The van der Waals surface area contributed by atoms with Crippen molar-refractivity contribution >= 4 is 37.3 Å². The van der Waals surface area contributed by atoms with Gasteiger partial charge in [0.2, 0.25) is 0 Å². The molecule has 1 aromatic carbocycles. The van der Waals surface area contributed by atoms with E-state index < -0.39 is 10.0 Å². The standard InChI is InChI=1S/C14H14BrN3O2S/c15-11-6-13(9-16-8-11)21(19,20)18-12-4-3-10-2-1-5-17-14(10)7-12/h3-4,6-9,17-18H,1-2,5H2. The summed E-state index contributed by atoms with van der Waals surface area (Å²) in [6.07, 6.45) is 4.98. The van der Waals surface area contributed by atoms with Gasteiger partial charge in [-0.3, -0.25) is 9.71 Å². The molecule has 2 heterocycles. The van der Waals surface area contributed by atoms with E-state index in [1.807, 2.05) is 12.1 Å². The number of fused-ring (bicyclic) bond motifs is 1. The molecule has 110 valence electrons. The fourth-order valence-electron chi connectivity index (χ4n) is 2.28. The molecule has 0 spiro atoms. The number of anilines is 2. The van der Waals surface area contributed by atoms with E-state index in [1.54, 1.807) is 12.3 Å². The minimum atomic E-state index is -3.63. The van der Waals surface area contributed by atoms with Gasteiger partial charge in [0.15, 0.2) is 0 Å². The number of pyridine rings is 1. The first-order valence-electron chi connectivity index (χ1n) is 6.55. The highest BCUT2D eigenvalue weighted by molar-refractivity contribution is 9.10. The van der Waals surface area contributed by atoms with Crippen molar-refractivity contribution in [2.45, 2.75) is 17.7 Å². The molecule has 7 heteroatoms. The maximum atomic E-state index is 12.3. The van der Waals surface area contributed by atoms with Crippen LogP contribution < -0.4 is 10.0 Å². The number of nitrogens with one attached hydrogen (secondary N) is 2. The summed E-state index contributed by atoms with van der Waals surface area (Å²) in [6.45, 7) is 0.915. The van der Waals surface area contributed by atoms with Gasteiger partial charge < -0.3 is 5.32 Å². The Morgan fingerprint density at radius 2 is 2.10 bits per heavy atom. The number of benzene rings is 1. The molecule has 1 aromatic heterocycles. The Balaban J connectivity index is 1.89. The maximum Gasteiger partial charge on any atom is 0.263 e. The van der Waals surface area contributed by atoms with Crippen LogP contribution in [0.2, 0.25) is 0 Å². The van der Waals surface area contributed by atoms with E-state index >= 15 is 0 Å². The highest BCUT2D eigenvalue weighted by atomic mass is 79.9. The second kappa shape index (κ2) is 5.65. The number of sulfonamides is 1. The Hall–Kier alpha value is -1.60. The van der Waals surface area contributed by atoms with Crippen LogP contribution in [-0.2, 0) is 16.4 Å².